The standard InChI is InChI=1S/C42H34O4/c1-29-13-17-31(18-14-29)33-21-25-37(26-22-33)41(43)45-39(35-9-5-3-6-10-35)40(36-11-7-4-8-12-36)46-42(44)38-27-23-34(24-28-38)32-19-15-30(2)16-20-32/h3-28,39-40H,1-2H3. The molecule has 0 amide bonds. The van der Waals surface area contributed by atoms with Gasteiger partial charge in [-0.2, -0.15) is 0 Å². The third kappa shape index (κ3) is 7.14. The summed E-state index contributed by atoms with van der Waals surface area (Å²) >= 11 is 0. The van der Waals surface area contributed by atoms with Gasteiger partial charge in [0.15, 0.2) is 12.2 Å². The summed E-state index contributed by atoms with van der Waals surface area (Å²) in [5, 5.41) is 0. The first kappa shape index (κ1) is 30.3. The molecule has 0 fully saturated rings. The predicted octanol–water partition coefficient (Wildman–Crippen LogP) is 10.1. The van der Waals surface area contributed by atoms with E-state index in [1.807, 2.05) is 98.8 Å². The van der Waals surface area contributed by atoms with E-state index in [0.29, 0.717) is 22.3 Å². The molecular weight excluding hydrogens is 568 g/mol. The average Bonchev–Trinajstić information content (AvgIpc) is 3.11. The molecule has 0 aliphatic carbocycles. The number of aryl methyl sites for hydroxylation is 2. The zero-order chi connectivity index (χ0) is 31.9. The molecule has 2 atom stereocenters. The molecule has 6 aromatic carbocycles. The van der Waals surface area contributed by atoms with E-state index in [1.165, 1.54) is 11.1 Å². The van der Waals surface area contributed by atoms with Crippen LogP contribution >= 0.6 is 0 Å². The van der Waals surface area contributed by atoms with Crippen LogP contribution in [0.3, 0.4) is 0 Å². The van der Waals surface area contributed by atoms with Crippen LogP contribution in [0.4, 0.5) is 0 Å². The quantitative estimate of drug-likeness (QED) is 0.155. The van der Waals surface area contributed by atoms with Gasteiger partial charge in [-0.15, -0.1) is 0 Å². The highest BCUT2D eigenvalue weighted by Crippen LogP contribution is 2.37. The summed E-state index contributed by atoms with van der Waals surface area (Å²) in [7, 11) is 0. The molecule has 4 nitrogen and oxygen atoms in total. The van der Waals surface area contributed by atoms with Crippen LogP contribution in [0.5, 0.6) is 0 Å². The molecule has 6 rings (SSSR count). The van der Waals surface area contributed by atoms with E-state index in [0.717, 1.165) is 22.3 Å². The Morgan fingerprint density at radius 1 is 0.391 bits per heavy atom. The smallest absolute Gasteiger partial charge is 0.338 e. The molecule has 2 unspecified atom stereocenters. The Balaban J connectivity index is 1.28. The highest BCUT2D eigenvalue weighted by Gasteiger charge is 2.32. The van der Waals surface area contributed by atoms with E-state index in [9.17, 15) is 9.59 Å². The Morgan fingerprint density at radius 3 is 0.978 bits per heavy atom. The minimum atomic E-state index is -0.899. The Hall–Kier alpha value is -5.74. The minimum absolute atomic E-state index is 0.404. The number of hydrogen-bond donors (Lipinski definition) is 0. The Labute approximate surface area is 269 Å². The van der Waals surface area contributed by atoms with Crippen molar-refractivity contribution in [1.82, 2.24) is 0 Å². The highest BCUT2D eigenvalue weighted by molar-refractivity contribution is 5.91. The average molecular weight is 603 g/mol. The lowest BCUT2D eigenvalue weighted by atomic mass is 9.97. The van der Waals surface area contributed by atoms with Crippen LogP contribution in [0, 0.1) is 13.8 Å². The predicted molar refractivity (Wildman–Crippen MR) is 182 cm³/mol. The van der Waals surface area contributed by atoms with Gasteiger partial charge in [-0.25, -0.2) is 9.59 Å². The maximum atomic E-state index is 13.6. The molecule has 226 valence electrons. The molecule has 0 saturated carbocycles. The topological polar surface area (TPSA) is 52.6 Å². The number of hydrogen-bond acceptors (Lipinski definition) is 4. The van der Waals surface area contributed by atoms with E-state index in [2.05, 4.69) is 48.5 Å². The summed E-state index contributed by atoms with van der Waals surface area (Å²) in [6.45, 7) is 4.10. The molecule has 0 radical (unpaired) electrons. The molecule has 0 N–H and O–H groups in total. The molecule has 0 spiro atoms. The fraction of sp³-hybridized carbons (Fsp3) is 0.0952. The van der Waals surface area contributed by atoms with E-state index in [-0.39, 0.29) is 0 Å². The third-order valence-corrected chi connectivity index (χ3v) is 8.01. The van der Waals surface area contributed by atoms with Gasteiger partial charge < -0.3 is 9.47 Å². The summed E-state index contributed by atoms with van der Waals surface area (Å²) in [4.78, 5) is 27.3. The van der Waals surface area contributed by atoms with E-state index in [1.54, 1.807) is 24.3 Å². The molecule has 46 heavy (non-hydrogen) atoms. The lowest BCUT2D eigenvalue weighted by Crippen LogP contribution is -2.23. The van der Waals surface area contributed by atoms with Crippen molar-refractivity contribution in [3.63, 3.8) is 0 Å². The van der Waals surface area contributed by atoms with Crippen LogP contribution in [-0.2, 0) is 9.47 Å². The first-order chi connectivity index (χ1) is 22.4. The normalized spacial score (nSPS) is 12.1. The summed E-state index contributed by atoms with van der Waals surface area (Å²) in [6.07, 6.45) is -1.80. The number of ether oxygens (including phenoxy) is 2. The summed E-state index contributed by atoms with van der Waals surface area (Å²) in [5.41, 5.74) is 8.73. The second-order valence-corrected chi connectivity index (χ2v) is 11.4. The summed E-state index contributed by atoms with van der Waals surface area (Å²) in [6, 6.07) is 50.0. The van der Waals surface area contributed by atoms with Gasteiger partial charge in [-0.1, -0.05) is 145 Å². The van der Waals surface area contributed by atoms with Crippen molar-refractivity contribution in [3.05, 3.63) is 191 Å². The largest absolute Gasteiger partial charge is 0.450 e. The lowest BCUT2D eigenvalue weighted by Gasteiger charge is -2.28. The number of esters is 2. The molecular formula is C42H34O4. The van der Waals surface area contributed by atoms with Crippen molar-refractivity contribution in [3.8, 4) is 22.3 Å². The molecule has 0 aliphatic rings. The maximum absolute atomic E-state index is 13.6. The van der Waals surface area contributed by atoms with Crippen LogP contribution in [0.15, 0.2) is 158 Å². The van der Waals surface area contributed by atoms with Gasteiger partial charge >= 0.3 is 11.9 Å². The first-order valence-corrected chi connectivity index (χ1v) is 15.3. The van der Waals surface area contributed by atoms with Crippen molar-refractivity contribution in [1.29, 1.82) is 0 Å². The van der Waals surface area contributed by atoms with Gasteiger partial charge in [0.05, 0.1) is 11.1 Å². The first-order valence-electron chi connectivity index (χ1n) is 15.3. The van der Waals surface area contributed by atoms with Gasteiger partial charge in [0.25, 0.3) is 0 Å². The minimum Gasteiger partial charge on any atom is -0.450 e. The molecule has 0 saturated heterocycles. The van der Waals surface area contributed by atoms with Crippen molar-refractivity contribution >= 4 is 11.9 Å². The van der Waals surface area contributed by atoms with Gasteiger partial charge in [0, 0.05) is 0 Å². The van der Waals surface area contributed by atoms with Gasteiger partial charge in [0.1, 0.15) is 0 Å². The third-order valence-electron chi connectivity index (χ3n) is 8.01. The fourth-order valence-corrected chi connectivity index (χ4v) is 5.35. The van der Waals surface area contributed by atoms with E-state index < -0.39 is 24.1 Å². The maximum Gasteiger partial charge on any atom is 0.338 e. The molecule has 0 aromatic heterocycles. The van der Waals surface area contributed by atoms with Crippen LogP contribution < -0.4 is 0 Å². The zero-order valence-electron chi connectivity index (χ0n) is 25.8. The Bertz CT molecular complexity index is 1750. The van der Waals surface area contributed by atoms with Gasteiger partial charge in [-0.3, -0.25) is 0 Å². The lowest BCUT2D eigenvalue weighted by molar-refractivity contribution is -0.0388. The van der Waals surface area contributed by atoms with Gasteiger partial charge in [-0.05, 0) is 71.5 Å². The van der Waals surface area contributed by atoms with Crippen molar-refractivity contribution in [2.75, 3.05) is 0 Å². The van der Waals surface area contributed by atoms with Crippen molar-refractivity contribution < 1.29 is 19.1 Å². The van der Waals surface area contributed by atoms with Gasteiger partial charge in [0.2, 0.25) is 0 Å². The molecule has 0 aliphatic heterocycles. The summed E-state index contributed by atoms with van der Waals surface area (Å²) < 4.78 is 12.4. The Kier molecular flexibility index (Phi) is 9.17. The number of rotatable bonds is 9. The van der Waals surface area contributed by atoms with Crippen molar-refractivity contribution in [2.24, 2.45) is 0 Å². The van der Waals surface area contributed by atoms with Crippen LogP contribution in [0.1, 0.15) is 55.2 Å². The number of benzene rings is 6. The molecule has 6 aromatic rings. The zero-order valence-corrected chi connectivity index (χ0v) is 25.8. The second kappa shape index (κ2) is 13.9. The Morgan fingerprint density at radius 2 is 0.674 bits per heavy atom. The second-order valence-electron chi connectivity index (χ2n) is 11.4. The van der Waals surface area contributed by atoms with Crippen LogP contribution in [0.2, 0.25) is 0 Å². The fourth-order valence-electron chi connectivity index (χ4n) is 5.35. The summed E-state index contributed by atoms with van der Waals surface area (Å²) in [5.74, 6) is -1.02. The number of carbonyl (C=O) groups is 2. The van der Waals surface area contributed by atoms with E-state index >= 15 is 0 Å². The van der Waals surface area contributed by atoms with Crippen molar-refractivity contribution in [2.45, 2.75) is 26.1 Å². The van der Waals surface area contributed by atoms with Crippen LogP contribution in [0.25, 0.3) is 22.3 Å². The highest BCUT2D eigenvalue weighted by atomic mass is 16.6. The monoisotopic (exact) mass is 602 g/mol. The SMILES string of the molecule is Cc1ccc(-c2ccc(C(=O)OC(c3ccccc3)C(OC(=O)c3ccc(-c4ccc(C)cc4)cc3)c3ccccc3)cc2)cc1. The van der Waals surface area contributed by atoms with Crippen LogP contribution in [-0.4, -0.2) is 11.9 Å². The number of carbonyl (C=O) groups excluding carboxylic acids is 2. The molecule has 0 bridgehead atoms. The van der Waals surface area contributed by atoms with E-state index in [4.69, 9.17) is 9.47 Å². The molecule has 4 heteroatoms. The molecule has 0 heterocycles.